The number of hydrogen-bond acceptors (Lipinski definition) is 2. The van der Waals surface area contributed by atoms with E-state index in [4.69, 9.17) is 0 Å². The van der Waals surface area contributed by atoms with Gasteiger partial charge in [-0.05, 0) is 30.5 Å². The Morgan fingerprint density at radius 3 is 2.76 bits per heavy atom. The molecule has 0 saturated carbocycles. The summed E-state index contributed by atoms with van der Waals surface area (Å²) in [5.74, 6) is 0.0143. The highest BCUT2D eigenvalue weighted by molar-refractivity contribution is 5.15. The molecule has 2 N–H and O–H groups in total. The number of benzene rings is 1. The van der Waals surface area contributed by atoms with Crippen molar-refractivity contribution in [2.24, 2.45) is 5.92 Å². The zero-order valence-electron chi connectivity index (χ0n) is 10.8. The van der Waals surface area contributed by atoms with Gasteiger partial charge in [0.25, 0.3) is 0 Å². The molecule has 0 amide bonds. The van der Waals surface area contributed by atoms with Crippen molar-refractivity contribution in [3.8, 4) is 0 Å². The average molecular weight is 239 g/mol. The molecule has 1 aromatic rings. The maximum atomic E-state index is 12.9. The SMILES string of the molecule is CCC(C)C(C)(O)CNCc1cccc(F)c1. The van der Waals surface area contributed by atoms with Crippen LogP contribution >= 0.6 is 0 Å². The molecule has 0 saturated heterocycles. The second-order valence-corrected chi connectivity index (χ2v) is 4.90. The summed E-state index contributed by atoms with van der Waals surface area (Å²) in [4.78, 5) is 0. The average Bonchev–Trinajstić information content (AvgIpc) is 2.27. The first-order valence-electron chi connectivity index (χ1n) is 6.13. The van der Waals surface area contributed by atoms with Gasteiger partial charge in [0.05, 0.1) is 5.60 Å². The summed E-state index contributed by atoms with van der Waals surface area (Å²) in [5.41, 5.74) is 0.173. The molecule has 2 nitrogen and oxygen atoms in total. The summed E-state index contributed by atoms with van der Waals surface area (Å²) in [6, 6.07) is 6.50. The van der Waals surface area contributed by atoms with Crippen LogP contribution in [0.1, 0.15) is 32.8 Å². The van der Waals surface area contributed by atoms with Crippen molar-refractivity contribution in [3.05, 3.63) is 35.6 Å². The molecular weight excluding hydrogens is 217 g/mol. The molecule has 0 radical (unpaired) electrons. The Kier molecular flexibility index (Phi) is 5.09. The highest BCUT2D eigenvalue weighted by Gasteiger charge is 2.26. The standard InChI is InChI=1S/C14H22FNO/c1-4-11(2)14(3,17)10-16-9-12-6-5-7-13(15)8-12/h5-8,11,16-17H,4,9-10H2,1-3H3. The summed E-state index contributed by atoms with van der Waals surface area (Å²) < 4.78 is 12.9. The Morgan fingerprint density at radius 1 is 1.47 bits per heavy atom. The largest absolute Gasteiger partial charge is 0.389 e. The van der Waals surface area contributed by atoms with Gasteiger partial charge in [-0.25, -0.2) is 4.39 Å². The maximum Gasteiger partial charge on any atom is 0.123 e. The van der Waals surface area contributed by atoms with Crippen molar-refractivity contribution in [1.82, 2.24) is 5.32 Å². The molecule has 0 spiro atoms. The van der Waals surface area contributed by atoms with Gasteiger partial charge in [-0.2, -0.15) is 0 Å². The number of nitrogens with one attached hydrogen (secondary N) is 1. The molecule has 2 unspecified atom stereocenters. The molecule has 0 bridgehead atoms. The lowest BCUT2D eigenvalue weighted by atomic mass is 9.88. The Hall–Kier alpha value is -0.930. The summed E-state index contributed by atoms with van der Waals surface area (Å²) in [5, 5.41) is 13.3. The Balaban J connectivity index is 2.42. The van der Waals surface area contributed by atoms with Crippen LogP contribution in [0.15, 0.2) is 24.3 Å². The molecular formula is C14H22FNO. The maximum absolute atomic E-state index is 12.9. The summed E-state index contributed by atoms with van der Waals surface area (Å²) >= 11 is 0. The normalized spacial score (nSPS) is 16.5. The summed E-state index contributed by atoms with van der Waals surface area (Å²) in [6.07, 6.45) is 0.939. The van der Waals surface area contributed by atoms with Gasteiger partial charge in [0.2, 0.25) is 0 Å². The number of hydrogen-bond donors (Lipinski definition) is 2. The minimum absolute atomic E-state index is 0.224. The van der Waals surface area contributed by atoms with Gasteiger partial charge in [0.1, 0.15) is 5.82 Å². The fourth-order valence-electron chi connectivity index (χ4n) is 1.72. The molecule has 2 atom stereocenters. The minimum Gasteiger partial charge on any atom is -0.389 e. The van der Waals surface area contributed by atoms with Gasteiger partial charge in [0.15, 0.2) is 0 Å². The molecule has 0 aliphatic heterocycles. The lowest BCUT2D eigenvalue weighted by Crippen LogP contribution is -2.42. The van der Waals surface area contributed by atoms with Crippen molar-refractivity contribution in [1.29, 1.82) is 0 Å². The zero-order valence-corrected chi connectivity index (χ0v) is 10.8. The van der Waals surface area contributed by atoms with Crippen molar-refractivity contribution >= 4 is 0 Å². The lowest BCUT2D eigenvalue weighted by Gasteiger charge is -2.30. The van der Waals surface area contributed by atoms with Crippen LogP contribution < -0.4 is 5.32 Å². The lowest BCUT2D eigenvalue weighted by molar-refractivity contribution is 0.00535. The van der Waals surface area contributed by atoms with E-state index in [-0.39, 0.29) is 11.7 Å². The van der Waals surface area contributed by atoms with Crippen molar-refractivity contribution < 1.29 is 9.50 Å². The predicted molar refractivity (Wildman–Crippen MR) is 68.2 cm³/mol. The summed E-state index contributed by atoms with van der Waals surface area (Å²) in [6.45, 7) is 7.01. The predicted octanol–water partition coefficient (Wildman–Crippen LogP) is 2.71. The number of rotatable bonds is 6. The van der Waals surface area contributed by atoms with Crippen LogP contribution in [0.4, 0.5) is 4.39 Å². The van der Waals surface area contributed by atoms with Crippen LogP contribution in [-0.2, 0) is 6.54 Å². The zero-order chi connectivity index (χ0) is 12.9. The molecule has 1 aromatic carbocycles. The van der Waals surface area contributed by atoms with Crippen LogP contribution in [0, 0.1) is 11.7 Å². The molecule has 0 aliphatic rings. The Bertz CT molecular complexity index is 352. The van der Waals surface area contributed by atoms with Crippen molar-refractivity contribution in [2.75, 3.05) is 6.54 Å². The molecule has 0 aromatic heterocycles. The first-order valence-corrected chi connectivity index (χ1v) is 6.13. The molecule has 0 aliphatic carbocycles. The first kappa shape index (κ1) is 14.1. The molecule has 96 valence electrons. The molecule has 0 fully saturated rings. The van der Waals surface area contributed by atoms with Crippen molar-refractivity contribution in [3.63, 3.8) is 0 Å². The molecule has 1 rings (SSSR count). The van der Waals surface area contributed by atoms with Crippen LogP contribution in [0.5, 0.6) is 0 Å². The van der Waals surface area contributed by atoms with E-state index in [0.717, 1.165) is 12.0 Å². The molecule has 3 heteroatoms. The fourth-order valence-corrected chi connectivity index (χ4v) is 1.72. The second kappa shape index (κ2) is 6.12. The van der Waals surface area contributed by atoms with Gasteiger partial charge < -0.3 is 10.4 Å². The van der Waals surface area contributed by atoms with Crippen LogP contribution in [0.25, 0.3) is 0 Å². The highest BCUT2D eigenvalue weighted by Crippen LogP contribution is 2.18. The van der Waals surface area contributed by atoms with E-state index in [1.807, 2.05) is 19.9 Å². The third-order valence-electron chi connectivity index (χ3n) is 3.38. The van der Waals surface area contributed by atoms with Gasteiger partial charge in [0, 0.05) is 13.1 Å². The van der Waals surface area contributed by atoms with Gasteiger partial charge in [-0.15, -0.1) is 0 Å². The smallest absolute Gasteiger partial charge is 0.123 e. The van der Waals surface area contributed by atoms with E-state index < -0.39 is 5.60 Å². The van der Waals surface area contributed by atoms with E-state index in [1.165, 1.54) is 12.1 Å². The topological polar surface area (TPSA) is 32.3 Å². The van der Waals surface area contributed by atoms with Crippen molar-refractivity contribution in [2.45, 2.75) is 39.3 Å². The van der Waals surface area contributed by atoms with Crippen LogP contribution in [0.2, 0.25) is 0 Å². The minimum atomic E-state index is -0.720. The second-order valence-electron chi connectivity index (χ2n) is 4.90. The van der Waals surface area contributed by atoms with Crippen LogP contribution in [0.3, 0.4) is 0 Å². The van der Waals surface area contributed by atoms with E-state index >= 15 is 0 Å². The molecule has 17 heavy (non-hydrogen) atoms. The van der Waals surface area contributed by atoms with E-state index in [1.54, 1.807) is 6.07 Å². The number of halogens is 1. The fraction of sp³-hybridized carbons (Fsp3) is 0.571. The highest BCUT2D eigenvalue weighted by atomic mass is 19.1. The molecule has 0 heterocycles. The Morgan fingerprint density at radius 2 is 2.18 bits per heavy atom. The van der Waals surface area contributed by atoms with E-state index in [2.05, 4.69) is 12.2 Å². The third kappa shape index (κ3) is 4.44. The Labute approximate surface area is 103 Å². The first-order chi connectivity index (χ1) is 7.95. The number of aliphatic hydroxyl groups is 1. The summed E-state index contributed by atoms with van der Waals surface area (Å²) in [7, 11) is 0. The quantitative estimate of drug-likeness (QED) is 0.800. The van der Waals surface area contributed by atoms with E-state index in [0.29, 0.717) is 13.1 Å². The monoisotopic (exact) mass is 239 g/mol. The third-order valence-corrected chi connectivity index (χ3v) is 3.38. The van der Waals surface area contributed by atoms with E-state index in [9.17, 15) is 9.50 Å². The van der Waals surface area contributed by atoms with Crippen LogP contribution in [-0.4, -0.2) is 17.3 Å². The van der Waals surface area contributed by atoms with Gasteiger partial charge in [-0.1, -0.05) is 32.4 Å². The van der Waals surface area contributed by atoms with Gasteiger partial charge >= 0.3 is 0 Å². The van der Waals surface area contributed by atoms with Gasteiger partial charge in [-0.3, -0.25) is 0 Å².